The van der Waals surface area contributed by atoms with Crippen LogP contribution in [0.5, 0.6) is 0 Å². The summed E-state index contributed by atoms with van der Waals surface area (Å²) in [5.41, 5.74) is 1.02. The van der Waals surface area contributed by atoms with E-state index in [1.807, 2.05) is 0 Å². The van der Waals surface area contributed by atoms with E-state index < -0.39 is 5.91 Å². The Morgan fingerprint density at radius 1 is 1.25 bits per heavy atom. The van der Waals surface area contributed by atoms with Gasteiger partial charge in [0.05, 0.1) is 5.69 Å². The highest BCUT2D eigenvalue weighted by atomic mass is 16.2. The molecule has 3 N–H and O–H groups in total. The van der Waals surface area contributed by atoms with E-state index in [9.17, 15) is 9.59 Å². The van der Waals surface area contributed by atoms with Gasteiger partial charge in [-0.15, -0.1) is 10.2 Å². The zero-order valence-corrected chi connectivity index (χ0v) is 10.1. The van der Waals surface area contributed by atoms with Crippen molar-refractivity contribution in [2.45, 2.75) is 0 Å². The summed E-state index contributed by atoms with van der Waals surface area (Å²) in [6, 6.07) is 6.77. The maximum Gasteiger partial charge on any atom is 0.330 e. The Labute approximate surface area is 111 Å². The molecule has 9 heteroatoms. The lowest BCUT2D eigenvalue weighted by Crippen LogP contribution is -2.15. The lowest BCUT2D eigenvalue weighted by atomic mass is 10.2. The molecule has 0 aliphatic rings. The third-order valence-electron chi connectivity index (χ3n) is 2.60. The minimum atomic E-state index is -0.467. The first-order valence-electron chi connectivity index (χ1n) is 5.65. The van der Waals surface area contributed by atoms with Crippen LogP contribution in [0.3, 0.4) is 0 Å². The van der Waals surface area contributed by atoms with Crippen LogP contribution in [0.1, 0.15) is 10.6 Å². The summed E-state index contributed by atoms with van der Waals surface area (Å²) in [4.78, 5) is 25.7. The number of tetrazole rings is 1. The number of nitrogens with one attached hydrogen (secondary N) is 3. The summed E-state index contributed by atoms with van der Waals surface area (Å²) in [5.74, 6) is -0.513. The first-order valence-corrected chi connectivity index (χ1v) is 5.65. The van der Waals surface area contributed by atoms with E-state index in [2.05, 4.69) is 30.9 Å². The van der Waals surface area contributed by atoms with Gasteiger partial charge in [0.1, 0.15) is 0 Å². The van der Waals surface area contributed by atoms with Crippen LogP contribution < -0.4 is 11.0 Å². The van der Waals surface area contributed by atoms with Crippen molar-refractivity contribution < 1.29 is 4.79 Å². The van der Waals surface area contributed by atoms with Crippen molar-refractivity contribution in [3.8, 4) is 5.69 Å². The number of carbonyl (C=O) groups is 1. The van der Waals surface area contributed by atoms with Gasteiger partial charge < -0.3 is 10.3 Å². The summed E-state index contributed by atoms with van der Waals surface area (Å²) < 4.78 is 1.45. The number of hydrogen-bond acceptors (Lipinski definition) is 5. The number of aromatic amines is 2. The highest BCUT2D eigenvalue weighted by Gasteiger charge is 2.10. The van der Waals surface area contributed by atoms with Crippen LogP contribution in [0.2, 0.25) is 0 Å². The van der Waals surface area contributed by atoms with Crippen molar-refractivity contribution in [2.24, 2.45) is 0 Å². The largest absolute Gasteiger partial charge is 0.330 e. The smallest absolute Gasteiger partial charge is 0.319 e. The first-order chi connectivity index (χ1) is 9.74. The molecule has 9 nitrogen and oxygen atoms in total. The normalized spacial score (nSPS) is 10.4. The number of amides is 1. The molecule has 100 valence electrons. The minimum Gasteiger partial charge on any atom is -0.319 e. The van der Waals surface area contributed by atoms with E-state index >= 15 is 0 Å². The number of anilines is 1. The Balaban J connectivity index is 1.79. The molecule has 2 aromatic heterocycles. The van der Waals surface area contributed by atoms with Gasteiger partial charge in [-0.05, 0) is 29.5 Å². The molecule has 2 heterocycles. The summed E-state index contributed by atoms with van der Waals surface area (Å²) in [6.07, 6.45) is 3.17. The fraction of sp³-hybridized carbons (Fsp3) is 0. The quantitative estimate of drug-likeness (QED) is 0.615. The predicted octanol–water partition coefficient (Wildman–Crippen LogP) is -0.0690. The third-order valence-corrected chi connectivity index (χ3v) is 2.60. The summed E-state index contributed by atoms with van der Waals surface area (Å²) in [5, 5.41) is 15.3. The van der Waals surface area contributed by atoms with Gasteiger partial charge in [0.25, 0.3) is 11.7 Å². The molecule has 3 rings (SSSR count). The van der Waals surface area contributed by atoms with Crippen LogP contribution in [-0.2, 0) is 0 Å². The van der Waals surface area contributed by atoms with Gasteiger partial charge in [0.15, 0.2) is 0 Å². The molecule has 0 atom stereocenters. The van der Waals surface area contributed by atoms with E-state index in [0.29, 0.717) is 11.4 Å². The maximum absolute atomic E-state index is 11.7. The number of aromatic nitrogens is 6. The van der Waals surface area contributed by atoms with Gasteiger partial charge in [-0.25, -0.2) is 4.79 Å². The highest BCUT2D eigenvalue weighted by molar-refractivity contribution is 6.01. The lowest BCUT2D eigenvalue weighted by molar-refractivity contribution is 0.101. The minimum absolute atomic E-state index is 0.0454. The second kappa shape index (κ2) is 4.80. The Hall–Kier alpha value is -3.23. The Morgan fingerprint density at radius 2 is 2.05 bits per heavy atom. The summed E-state index contributed by atoms with van der Waals surface area (Å²) >= 11 is 0. The standard InChI is InChI=1S/C11H9N7O2/c19-10(9-14-16-17-15-9)13-7-1-3-8(4-2-7)18-6-5-12-11(18)20/h1-6H,(H,12,20)(H,13,19)(H,14,15,16,17). The maximum atomic E-state index is 11.7. The molecule has 0 aliphatic carbocycles. The van der Waals surface area contributed by atoms with Crippen molar-refractivity contribution in [3.63, 3.8) is 0 Å². The van der Waals surface area contributed by atoms with Gasteiger partial charge >= 0.3 is 5.69 Å². The fourth-order valence-corrected chi connectivity index (χ4v) is 1.67. The molecule has 0 unspecified atom stereocenters. The fourth-order valence-electron chi connectivity index (χ4n) is 1.67. The molecule has 0 saturated heterocycles. The molecule has 0 saturated carbocycles. The number of hydrogen-bond donors (Lipinski definition) is 3. The van der Waals surface area contributed by atoms with Crippen LogP contribution in [0.25, 0.3) is 5.69 Å². The van der Waals surface area contributed by atoms with Gasteiger partial charge in [0.2, 0.25) is 0 Å². The second-order valence-corrected chi connectivity index (χ2v) is 3.87. The highest BCUT2D eigenvalue weighted by Crippen LogP contribution is 2.12. The van der Waals surface area contributed by atoms with Crippen LogP contribution in [0, 0.1) is 0 Å². The molecular weight excluding hydrogens is 262 g/mol. The SMILES string of the molecule is O=C(Nc1ccc(-n2cc[nH]c2=O)cc1)c1nn[nH]n1. The predicted molar refractivity (Wildman–Crippen MR) is 68.5 cm³/mol. The number of H-pyrrole nitrogens is 2. The van der Waals surface area contributed by atoms with E-state index in [1.54, 1.807) is 36.7 Å². The molecule has 0 fully saturated rings. The molecule has 1 aromatic carbocycles. The van der Waals surface area contributed by atoms with Crippen molar-refractivity contribution in [1.29, 1.82) is 0 Å². The zero-order valence-electron chi connectivity index (χ0n) is 10.1. The molecule has 0 spiro atoms. The Morgan fingerprint density at radius 3 is 2.65 bits per heavy atom. The van der Waals surface area contributed by atoms with Gasteiger partial charge in [-0.3, -0.25) is 9.36 Å². The van der Waals surface area contributed by atoms with Crippen molar-refractivity contribution in [1.82, 2.24) is 30.2 Å². The summed E-state index contributed by atoms with van der Waals surface area (Å²) in [7, 11) is 0. The zero-order chi connectivity index (χ0) is 13.9. The van der Waals surface area contributed by atoms with E-state index in [1.165, 1.54) is 4.57 Å². The number of rotatable bonds is 3. The van der Waals surface area contributed by atoms with Crippen LogP contribution in [0.15, 0.2) is 41.5 Å². The van der Waals surface area contributed by atoms with Gasteiger partial charge in [0, 0.05) is 18.1 Å². The monoisotopic (exact) mass is 271 g/mol. The molecular formula is C11H9N7O2. The molecule has 3 aromatic rings. The second-order valence-electron chi connectivity index (χ2n) is 3.87. The molecule has 0 aliphatic heterocycles. The molecule has 0 bridgehead atoms. The summed E-state index contributed by atoms with van der Waals surface area (Å²) in [6.45, 7) is 0. The number of imidazole rings is 1. The molecule has 0 radical (unpaired) electrons. The number of nitrogens with zero attached hydrogens (tertiary/aromatic N) is 4. The van der Waals surface area contributed by atoms with Crippen molar-refractivity contribution in [2.75, 3.05) is 5.32 Å². The molecule has 1 amide bonds. The molecule has 20 heavy (non-hydrogen) atoms. The van der Waals surface area contributed by atoms with Crippen LogP contribution >= 0.6 is 0 Å². The lowest BCUT2D eigenvalue weighted by Gasteiger charge is -2.04. The van der Waals surface area contributed by atoms with E-state index in [4.69, 9.17) is 0 Å². The van der Waals surface area contributed by atoms with Crippen LogP contribution in [0.4, 0.5) is 5.69 Å². The average Bonchev–Trinajstić information content (AvgIpc) is 3.11. The van der Waals surface area contributed by atoms with Gasteiger partial charge in [-0.1, -0.05) is 0 Å². The number of carbonyl (C=O) groups excluding carboxylic acids is 1. The third kappa shape index (κ3) is 2.19. The first kappa shape index (κ1) is 11.8. The van der Waals surface area contributed by atoms with Gasteiger partial charge in [-0.2, -0.15) is 5.21 Å². The topological polar surface area (TPSA) is 121 Å². The average molecular weight is 271 g/mol. The van der Waals surface area contributed by atoms with Crippen molar-refractivity contribution in [3.05, 3.63) is 53.0 Å². The van der Waals surface area contributed by atoms with Crippen LogP contribution in [-0.4, -0.2) is 36.1 Å². The Bertz CT molecular complexity index is 770. The van der Waals surface area contributed by atoms with E-state index in [-0.39, 0.29) is 11.5 Å². The van der Waals surface area contributed by atoms with Crippen molar-refractivity contribution >= 4 is 11.6 Å². The number of benzene rings is 1. The van der Waals surface area contributed by atoms with E-state index in [0.717, 1.165) is 0 Å². The Kier molecular flexibility index (Phi) is 2.84.